The molecule has 5 rings (SSSR count). The Labute approximate surface area is 224 Å². The van der Waals surface area contributed by atoms with E-state index in [1.807, 2.05) is 50.1 Å². The van der Waals surface area contributed by atoms with Crippen molar-refractivity contribution >= 4 is 22.9 Å². The third-order valence-electron chi connectivity index (χ3n) is 7.42. The number of hydrogen-bond donors (Lipinski definition) is 0. The molecule has 2 aromatic carbocycles. The summed E-state index contributed by atoms with van der Waals surface area (Å²) in [4.78, 5) is 33.9. The second-order valence-electron chi connectivity index (χ2n) is 11.3. The van der Waals surface area contributed by atoms with Crippen LogP contribution in [0.25, 0.3) is 22.0 Å². The molecule has 2 amide bonds. The third-order valence-corrected chi connectivity index (χ3v) is 7.42. The summed E-state index contributed by atoms with van der Waals surface area (Å²) < 4.78 is 11.8. The second kappa shape index (κ2) is 10.6. The molecule has 7 nitrogen and oxygen atoms in total. The van der Waals surface area contributed by atoms with Crippen molar-refractivity contribution in [3.63, 3.8) is 0 Å². The molecular formula is C31H37N3O4. The lowest BCUT2D eigenvalue weighted by Crippen LogP contribution is -2.51. The van der Waals surface area contributed by atoms with Gasteiger partial charge in [0.2, 0.25) is 5.91 Å². The number of ether oxygens (including phenoxy) is 2. The zero-order valence-electron chi connectivity index (χ0n) is 22.8. The number of aromatic nitrogens is 1. The first-order chi connectivity index (χ1) is 18.2. The molecule has 1 atom stereocenters. The number of benzene rings is 2. The molecule has 0 radical (unpaired) electrons. The Morgan fingerprint density at radius 2 is 1.68 bits per heavy atom. The van der Waals surface area contributed by atoms with Crippen molar-refractivity contribution in [3.8, 4) is 16.9 Å². The molecule has 2 aliphatic heterocycles. The smallest absolute Gasteiger partial charge is 0.410 e. The summed E-state index contributed by atoms with van der Waals surface area (Å²) in [6, 6.07) is 16.1. The van der Waals surface area contributed by atoms with E-state index in [1.54, 1.807) is 4.90 Å². The van der Waals surface area contributed by atoms with E-state index in [0.29, 0.717) is 26.1 Å². The van der Waals surface area contributed by atoms with Crippen molar-refractivity contribution in [1.82, 2.24) is 14.8 Å². The van der Waals surface area contributed by atoms with Crippen molar-refractivity contribution in [3.05, 3.63) is 60.3 Å². The molecule has 38 heavy (non-hydrogen) atoms. The van der Waals surface area contributed by atoms with E-state index in [9.17, 15) is 9.59 Å². The first-order valence-electron chi connectivity index (χ1n) is 13.6. The zero-order valence-corrected chi connectivity index (χ0v) is 22.8. The molecule has 3 aromatic rings. The average Bonchev–Trinajstić information content (AvgIpc) is 3.39. The molecule has 2 saturated heterocycles. The van der Waals surface area contributed by atoms with E-state index in [-0.39, 0.29) is 12.0 Å². The number of piperidine rings is 1. The van der Waals surface area contributed by atoms with E-state index < -0.39 is 17.7 Å². The largest absolute Gasteiger partial charge is 0.490 e. The zero-order chi connectivity index (χ0) is 26.9. The first kappa shape index (κ1) is 26.0. The van der Waals surface area contributed by atoms with Gasteiger partial charge in [-0.05, 0) is 75.4 Å². The standard InChI is InChI=1S/C31H37N3O4/c1-21-26(14-11-23-7-5-17-32-28(21)23)22-9-12-24(13-10-22)37-25-15-19-33(20-16-25)29(35)27-8-6-18-34(27)30(36)38-31(2,3)4/h5,7,9-14,17,25,27H,6,8,15-16,18-20H2,1-4H3/t27-/m0/s1. The van der Waals surface area contributed by atoms with Gasteiger partial charge < -0.3 is 14.4 Å². The first-order valence-corrected chi connectivity index (χ1v) is 13.6. The highest BCUT2D eigenvalue weighted by Gasteiger charge is 2.39. The maximum absolute atomic E-state index is 13.3. The topological polar surface area (TPSA) is 72.0 Å². The Bertz CT molecular complexity index is 1310. The van der Waals surface area contributed by atoms with Gasteiger partial charge in [-0.2, -0.15) is 0 Å². The van der Waals surface area contributed by atoms with Gasteiger partial charge in [-0.1, -0.05) is 30.3 Å². The quantitative estimate of drug-likeness (QED) is 0.427. The van der Waals surface area contributed by atoms with Crippen molar-refractivity contribution in [2.75, 3.05) is 19.6 Å². The fraction of sp³-hybridized carbons (Fsp3) is 0.452. The number of aryl methyl sites for hydroxylation is 1. The molecule has 0 spiro atoms. The fourth-order valence-corrected chi connectivity index (χ4v) is 5.48. The van der Waals surface area contributed by atoms with Gasteiger partial charge in [0.05, 0.1) is 5.52 Å². The number of carbonyl (C=O) groups excluding carboxylic acids is 2. The Balaban J connectivity index is 1.16. The summed E-state index contributed by atoms with van der Waals surface area (Å²) in [5, 5.41) is 1.14. The highest BCUT2D eigenvalue weighted by atomic mass is 16.6. The molecule has 3 heterocycles. The lowest BCUT2D eigenvalue weighted by molar-refractivity contribution is -0.137. The monoisotopic (exact) mass is 515 g/mol. The van der Waals surface area contributed by atoms with Crippen LogP contribution in [-0.2, 0) is 9.53 Å². The SMILES string of the molecule is Cc1c(-c2ccc(OC3CCN(C(=O)[C@@H]4CCCN4C(=O)OC(C)(C)C)CC3)cc2)ccc2cccnc12. The van der Waals surface area contributed by atoms with Crippen LogP contribution in [0.1, 0.15) is 52.0 Å². The van der Waals surface area contributed by atoms with Gasteiger partial charge in [-0.15, -0.1) is 0 Å². The van der Waals surface area contributed by atoms with Crippen LogP contribution in [0.15, 0.2) is 54.7 Å². The lowest BCUT2D eigenvalue weighted by atomic mass is 9.98. The van der Waals surface area contributed by atoms with Gasteiger partial charge in [0, 0.05) is 44.1 Å². The van der Waals surface area contributed by atoms with Crippen molar-refractivity contribution < 1.29 is 19.1 Å². The Hall–Kier alpha value is -3.61. The van der Waals surface area contributed by atoms with Crippen LogP contribution in [0.2, 0.25) is 0 Å². The number of nitrogens with zero attached hydrogens (tertiary/aromatic N) is 3. The molecular weight excluding hydrogens is 478 g/mol. The summed E-state index contributed by atoms with van der Waals surface area (Å²) in [6.07, 6.45) is 4.53. The molecule has 1 aromatic heterocycles. The Morgan fingerprint density at radius 1 is 0.947 bits per heavy atom. The highest BCUT2D eigenvalue weighted by molar-refractivity contribution is 5.88. The van der Waals surface area contributed by atoms with Crippen LogP contribution in [0.5, 0.6) is 5.75 Å². The molecule has 0 aliphatic carbocycles. The van der Waals surface area contributed by atoms with Crippen LogP contribution in [0.3, 0.4) is 0 Å². The van der Waals surface area contributed by atoms with Gasteiger partial charge in [-0.3, -0.25) is 14.7 Å². The maximum atomic E-state index is 13.3. The van der Waals surface area contributed by atoms with E-state index in [2.05, 4.69) is 42.2 Å². The number of carbonyl (C=O) groups is 2. The fourth-order valence-electron chi connectivity index (χ4n) is 5.48. The van der Waals surface area contributed by atoms with Crippen molar-refractivity contribution in [2.24, 2.45) is 0 Å². The molecule has 0 unspecified atom stereocenters. The minimum Gasteiger partial charge on any atom is -0.490 e. The number of rotatable bonds is 4. The van der Waals surface area contributed by atoms with Crippen LogP contribution < -0.4 is 4.74 Å². The van der Waals surface area contributed by atoms with Gasteiger partial charge in [0.25, 0.3) is 0 Å². The van der Waals surface area contributed by atoms with Crippen LogP contribution in [0.4, 0.5) is 4.79 Å². The number of likely N-dealkylation sites (tertiary alicyclic amines) is 2. The third kappa shape index (κ3) is 5.62. The van der Waals surface area contributed by atoms with Crippen molar-refractivity contribution in [2.45, 2.75) is 71.1 Å². The maximum Gasteiger partial charge on any atom is 0.410 e. The number of hydrogen-bond acceptors (Lipinski definition) is 5. The second-order valence-corrected chi connectivity index (χ2v) is 11.3. The minimum absolute atomic E-state index is 0.0245. The normalized spacial score (nSPS) is 18.6. The molecule has 0 bridgehead atoms. The van der Waals surface area contributed by atoms with E-state index in [1.165, 1.54) is 11.1 Å². The van der Waals surface area contributed by atoms with Gasteiger partial charge in [-0.25, -0.2) is 4.79 Å². The molecule has 2 fully saturated rings. The molecule has 7 heteroatoms. The number of pyridine rings is 1. The predicted octanol–water partition coefficient (Wildman–Crippen LogP) is 5.98. The summed E-state index contributed by atoms with van der Waals surface area (Å²) in [5.41, 5.74) is 3.92. The van der Waals surface area contributed by atoms with E-state index in [4.69, 9.17) is 9.47 Å². The summed E-state index contributed by atoms with van der Waals surface area (Å²) in [7, 11) is 0. The van der Waals surface area contributed by atoms with Crippen molar-refractivity contribution in [1.29, 1.82) is 0 Å². The summed E-state index contributed by atoms with van der Waals surface area (Å²) in [6.45, 7) is 9.47. The minimum atomic E-state index is -0.577. The van der Waals surface area contributed by atoms with Crippen LogP contribution in [0, 0.1) is 6.92 Å². The molecule has 0 saturated carbocycles. The predicted molar refractivity (Wildman–Crippen MR) is 148 cm³/mol. The number of amides is 2. The molecule has 0 N–H and O–H groups in total. The summed E-state index contributed by atoms with van der Waals surface area (Å²) >= 11 is 0. The molecule has 2 aliphatic rings. The summed E-state index contributed by atoms with van der Waals surface area (Å²) in [5.74, 6) is 0.860. The van der Waals surface area contributed by atoms with E-state index >= 15 is 0 Å². The van der Waals surface area contributed by atoms with E-state index in [0.717, 1.165) is 41.5 Å². The number of fused-ring (bicyclic) bond motifs is 1. The van der Waals surface area contributed by atoms with Gasteiger partial charge in [0.1, 0.15) is 23.5 Å². The van der Waals surface area contributed by atoms with Gasteiger partial charge >= 0.3 is 6.09 Å². The van der Waals surface area contributed by atoms with Crippen LogP contribution in [-0.4, -0.2) is 64.2 Å². The average molecular weight is 516 g/mol. The van der Waals surface area contributed by atoms with Gasteiger partial charge in [0.15, 0.2) is 0 Å². The Morgan fingerprint density at radius 3 is 2.39 bits per heavy atom. The van der Waals surface area contributed by atoms with Crippen LogP contribution >= 0.6 is 0 Å². The molecule has 200 valence electrons. The lowest BCUT2D eigenvalue weighted by Gasteiger charge is -2.36. The highest BCUT2D eigenvalue weighted by Crippen LogP contribution is 2.31. The Kier molecular flexibility index (Phi) is 7.28.